The number of carbonyl (C=O) groups is 4. The minimum atomic E-state index is -1.37. The summed E-state index contributed by atoms with van der Waals surface area (Å²) in [6, 6.07) is -0.633. The summed E-state index contributed by atoms with van der Waals surface area (Å²) in [5.41, 5.74) is 3.65. The van der Waals surface area contributed by atoms with Gasteiger partial charge in [-0.25, -0.2) is 4.79 Å². The Hall–Kier alpha value is -2.12. The number of rotatable bonds is 7. The van der Waals surface area contributed by atoms with Crippen molar-refractivity contribution >= 4 is 23.8 Å². The van der Waals surface area contributed by atoms with E-state index in [0.29, 0.717) is 6.42 Å². The van der Waals surface area contributed by atoms with E-state index in [9.17, 15) is 19.2 Å². The van der Waals surface area contributed by atoms with Crippen molar-refractivity contribution in [3.8, 4) is 0 Å². The van der Waals surface area contributed by atoms with Crippen LogP contribution in [0.4, 0.5) is 4.79 Å². The molecule has 8 nitrogen and oxygen atoms in total. The fourth-order valence-electron chi connectivity index (χ4n) is 2.43. The van der Waals surface area contributed by atoms with Gasteiger partial charge in [0, 0.05) is 13.0 Å². The molecule has 0 aromatic heterocycles. The van der Waals surface area contributed by atoms with E-state index in [2.05, 4.69) is 5.32 Å². The molecule has 1 heterocycles. The molecule has 1 aliphatic heterocycles. The highest BCUT2D eigenvalue weighted by molar-refractivity contribution is 6.09. The van der Waals surface area contributed by atoms with Crippen LogP contribution in [0.5, 0.6) is 0 Å². The second-order valence-electron chi connectivity index (χ2n) is 5.02. The molecule has 1 saturated heterocycles. The number of nitrogens with zero attached hydrogens (tertiary/aromatic N) is 1. The first-order valence-corrected chi connectivity index (χ1v) is 6.86. The van der Waals surface area contributed by atoms with Crippen LogP contribution in [-0.4, -0.2) is 47.4 Å². The molecule has 0 aromatic rings. The van der Waals surface area contributed by atoms with Crippen LogP contribution >= 0.6 is 0 Å². The molecule has 4 amide bonds. The number of hydrogen-bond donors (Lipinski definition) is 2. The first-order chi connectivity index (χ1) is 9.77. The van der Waals surface area contributed by atoms with E-state index in [1.807, 2.05) is 0 Å². The molecule has 1 aliphatic rings. The molecule has 1 fully saturated rings. The zero-order valence-electron chi connectivity index (χ0n) is 12.5. The van der Waals surface area contributed by atoms with Gasteiger partial charge in [0.2, 0.25) is 5.91 Å². The summed E-state index contributed by atoms with van der Waals surface area (Å²) in [6.07, 6.45) is 0.219. The number of nitrogens with one attached hydrogen (secondary N) is 1. The lowest BCUT2D eigenvalue weighted by atomic mass is 9.83. The zero-order chi connectivity index (χ0) is 16.2. The molecule has 0 aliphatic carbocycles. The van der Waals surface area contributed by atoms with Crippen LogP contribution in [0.2, 0.25) is 0 Å². The van der Waals surface area contributed by atoms with Crippen molar-refractivity contribution in [2.75, 3.05) is 13.2 Å². The summed E-state index contributed by atoms with van der Waals surface area (Å²) in [5.74, 6) is -2.48. The molecule has 1 rings (SSSR count). The van der Waals surface area contributed by atoms with Gasteiger partial charge in [-0.2, -0.15) is 0 Å². The highest BCUT2D eigenvalue weighted by atomic mass is 16.5. The minimum Gasteiger partial charge on any atom is -0.466 e. The summed E-state index contributed by atoms with van der Waals surface area (Å²) >= 11 is 0. The summed E-state index contributed by atoms with van der Waals surface area (Å²) in [4.78, 5) is 48.0. The van der Waals surface area contributed by atoms with E-state index in [4.69, 9.17) is 10.5 Å². The lowest BCUT2D eigenvalue weighted by Crippen LogP contribution is -2.53. The number of imide groups is 1. The number of primary amides is 1. The maximum absolute atomic E-state index is 12.4. The van der Waals surface area contributed by atoms with Crippen LogP contribution in [0.1, 0.15) is 33.6 Å². The third-order valence-corrected chi connectivity index (χ3v) is 3.56. The van der Waals surface area contributed by atoms with E-state index < -0.39 is 35.3 Å². The molecule has 0 saturated carbocycles. The molecule has 2 atom stereocenters. The van der Waals surface area contributed by atoms with Crippen molar-refractivity contribution in [3.63, 3.8) is 0 Å². The number of ether oxygens (including phenoxy) is 1. The van der Waals surface area contributed by atoms with Gasteiger partial charge < -0.3 is 15.8 Å². The fraction of sp³-hybridized carbons (Fsp3) is 0.692. The van der Waals surface area contributed by atoms with E-state index in [1.54, 1.807) is 13.8 Å². The van der Waals surface area contributed by atoms with Crippen LogP contribution in [-0.2, 0) is 19.1 Å². The highest BCUT2D eigenvalue weighted by Gasteiger charge is 2.54. The van der Waals surface area contributed by atoms with Crippen molar-refractivity contribution in [2.45, 2.75) is 39.2 Å². The Kier molecular flexibility index (Phi) is 5.28. The molecule has 0 radical (unpaired) electrons. The summed E-state index contributed by atoms with van der Waals surface area (Å²) < 4.78 is 4.95. The van der Waals surface area contributed by atoms with Crippen LogP contribution in [0.3, 0.4) is 0 Å². The van der Waals surface area contributed by atoms with Gasteiger partial charge >= 0.3 is 12.0 Å². The third kappa shape index (κ3) is 3.32. The van der Waals surface area contributed by atoms with Gasteiger partial charge in [0.1, 0.15) is 5.54 Å². The first kappa shape index (κ1) is 16.9. The SMILES string of the molecule is CCOC(=O)C(CC)C1(C)NC(=O)N(CCC(N)=O)C1=O. The average molecular weight is 299 g/mol. The predicted octanol–water partition coefficient (Wildman–Crippen LogP) is -0.238. The molecule has 0 aromatic carbocycles. The van der Waals surface area contributed by atoms with Gasteiger partial charge in [0.25, 0.3) is 5.91 Å². The Morgan fingerprint density at radius 1 is 1.38 bits per heavy atom. The molecular weight excluding hydrogens is 278 g/mol. The van der Waals surface area contributed by atoms with Crippen molar-refractivity contribution < 1.29 is 23.9 Å². The van der Waals surface area contributed by atoms with Crippen LogP contribution < -0.4 is 11.1 Å². The lowest BCUT2D eigenvalue weighted by Gasteiger charge is -2.29. The first-order valence-electron chi connectivity index (χ1n) is 6.86. The molecule has 8 heteroatoms. The fourth-order valence-corrected chi connectivity index (χ4v) is 2.43. The monoisotopic (exact) mass is 299 g/mol. The summed E-state index contributed by atoms with van der Waals surface area (Å²) in [5, 5.41) is 2.53. The maximum atomic E-state index is 12.4. The zero-order valence-corrected chi connectivity index (χ0v) is 12.5. The standard InChI is InChI=1S/C13H21N3O5/c1-4-8(10(18)21-5-2)13(3)11(19)16(12(20)15-13)7-6-9(14)17/h8H,4-7H2,1-3H3,(H2,14,17)(H,15,20). The number of carbonyl (C=O) groups excluding carboxylic acids is 4. The number of urea groups is 1. The van der Waals surface area contributed by atoms with Gasteiger partial charge in [0.15, 0.2) is 0 Å². The van der Waals surface area contributed by atoms with E-state index in [1.165, 1.54) is 6.92 Å². The Balaban J connectivity index is 2.95. The lowest BCUT2D eigenvalue weighted by molar-refractivity contribution is -0.154. The second-order valence-corrected chi connectivity index (χ2v) is 5.02. The number of nitrogens with two attached hydrogens (primary N) is 1. The van der Waals surface area contributed by atoms with Gasteiger partial charge in [-0.05, 0) is 20.3 Å². The highest BCUT2D eigenvalue weighted by Crippen LogP contribution is 2.29. The molecule has 0 bridgehead atoms. The van der Waals surface area contributed by atoms with Crippen molar-refractivity contribution in [3.05, 3.63) is 0 Å². The van der Waals surface area contributed by atoms with Crippen LogP contribution in [0, 0.1) is 5.92 Å². The van der Waals surface area contributed by atoms with Gasteiger partial charge in [-0.3, -0.25) is 19.3 Å². The molecule has 0 spiro atoms. The summed E-state index contributed by atoms with van der Waals surface area (Å²) in [7, 11) is 0. The Bertz CT molecular complexity index is 465. The van der Waals surface area contributed by atoms with Crippen molar-refractivity contribution in [2.24, 2.45) is 11.7 Å². The normalized spacial score (nSPS) is 22.9. The Morgan fingerprint density at radius 3 is 2.48 bits per heavy atom. The van der Waals surface area contributed by atoms with E-state index in [-0.39, 0.29) is 19.6 Å². The molecule has 21 heavy (non-hydrogen) atoms. The van der Waals surface area contributed by atoms with Gasteiger partial charge in [-0.15, -0.1) is 0 Å². The van der Waals surface area contributed by atoms with Gasteiger partial charge in [0.05, 0.1) is 12.5 Å². The second kappa shape index (κ2) is 6.55. The average Bonchev–Trinajstić information content (AvgIpc) is 2.59. The predicted molar refractivity (Wildman–Crippen MR) is 72.9 cm³/mol. The summed E-state index contributed by atoms with van der Waals surface area (Å²) in [6.45, 7) is 4.98. The Labute approximate surface area is 123 Å². The molecule has 3 N–H and O–H groups in total. The number of hydrogen-bond acceptors (Lipinski definition) is 5. The van der Waals surface area contributed by atoms with E-state index >= 15 is 0 Å². The third-order valence-electron chi connectivity index (χ3n) is 3.56. The van der Waals surface area contributed by atoms with Gasteiger partial charge in [-0.1, -0.05) is 6.92 Å². The van der Waals surface area contributed by atoms with Crippen molar-refractivity contribution in [1.82, 2.24) is 10.2 Å². The van der Waals surface area contributed by atoms with Crippen LogP contribution in [0.25, 0.3) is 0 Å². The van der Waals surface area contributed by atoms with Crippen molar-refractivity contribution in [1.29, 1.82) is 0 Å². The smallest absolute Gasteiger partial charge is 0.325 e. The topological polar surface area (TPSA) is 119 Å². The van der Waals surface area contributed by atoms with Crippen LogP contribution in [0.15, 0.2) is 0 Å². The number of amides is 4. The molecule has 2 unspecified atom stereocenters. The molecule has 118 valence electrons. The maximum Gasteiger partial charge on any atom is 0.325 e. The molecular formula is C13H21N3O5. The van der Waals surface area contributed by atoms with E-state index in [0.717, 1.165) is 4.90 Å². The minimum absolute atomic E-state index is 0.102. The quantitative estimate of drug-likeness (QED) is 0.497. The number of esters is 1. The largest absolute Gasteiger partial charge is 0.466 e. The Morgan fingerprint density at radius 2 is 2.00 bits per heavy atom.